The van der Waals surface area contributed by atoms with Crippen LogP contribution < -0.4 is 5.30 Å². The van der Waals surface area contributed by atoms with Crippen LogP contribution in [0.5, 0.6) is 0 Å². The van der Waals surface area contributed by atoms with Gasteiger partial charge in [-0.05, 0) is 12.1 Å². The molecule has 1 atom stereocenters. The fourth-order valence-electron chi connectivity index (χ4n) is 0.581. The molecule has 0 heterocycles. The van der Waals surface area contributed by atoms with Gasteiger partial charge in [0.25, 0.3) is 0 Å². The summed E-state index contributed by atoms with van der Waals surface area (Å²) in [7, 11) is -2.46. The summed E-state index contributed by atoms with van der Waals surface area (Å²) in [4.78, 5) is 8.57. The molecule has 0 bridgehead atoms. The molecule has 0 fully saturated rings. The van der Waals surface area contributed by atoms with Gasteiger partial charge in [0.2, 0.25) is 8.03 Å². The van der Waals surface area contributed by atoms with E-state index in [1.807, 2.05) is 6.07 Å². The van der Waals surface area contributed by atoms with Crippen LogP contribution in [0.2, 0.25) is 0 Å². The van der Waals surface area contributed by atoms with Crippen LogP contribution in [0, 0.1) is 0 Å². The van der Waals surface area contributed by atoms with Crippen molar-refractivity contribution in [3.05, 3.63) is 30.3 Å². The summed E-state index contributed by atoms with van der Waals surface area (Å²) in [6.45, 7) is 0. The third-order valence-electron chi connectivity index (χ3n) is 1.02. The molecule has 0 amide bonds. The summed E-state index contributed by atoms with van der Waals surface area (Å²) in [5.74, 6) is 0. The van der Waals surface area contributed by atoms with E-state index in [1.54, 1.807) is 24.3 Å². The smallest absolute Gasteiger partial charge is 0.218 e. The van der Waals surface area contributed by atoms with Crippen LogP contribution in [0.4, 0.5) is 0 Å². The van der Waals surface area contributed by atoms with E-state index in [0.29, 0.717) is 5.30 Å². The first kappa shape index (κ1) is 9.93. The Balaban J connectivity index is 0.000000810. The Morgan fingerprint density at radius 2 is 1.70 bits per heavy atom. The first-order valence-electron chi connectivity index (χ1n) is 2.59. The van der Waals surface area contributed by atoms with Gasteiger partial charge in [0.1, 0.15) is 0 Å². The zero-order valence-electron chi connectivity index (χ0n) is 5.10. The summed E-state index contributed by atoms with van der Waals surface area (Å²) in [5.41, 5.74) is 0. The van der Waals surface area contributed by atoms with E-state index in [0.717, 1.165) is 0 Å². The maximum Gasteiger partial charge on any atom is 0.218 e. The fraction of sp³-hybridized carbons (Fsp3) is 0. The third-order valence-corrected chi connectivity index (χ3v) is 1.85. The molecule has 2 nitrogen and oxygen atoms in total. The fourth-order valence-corrected chi connectivity index (χ4v) is 1.06. The second kappa shape index (κ2) is 4.70. The van der Waals surface area contributed by atoms with Crippen molar-refractivity contribution >= 4 is 13.3 Å². The molecule has 56 valence electrons. The maximum atomic E-state index is 10.4. The van der Waals surface area contributed by atoms with Gasteiger partial charge >= 0.3 is 0 Å². The van der Waals surface area contributed by atoms with Crippen molar-refractivity contribution < 1.29 is 26.5 Å². The molecule has 1 rings (SSSR count). The van der Waals surface area contributed by atoms with E-state index in [1.165, 1.54) is 0 Å². The van der Waals surface area contributed by atoms with Crippen molar-refractivity contribution in [2.75, 3.05) is 0 Å². The number of hydrogen-bond acceptors (Lipinski definition) is 1. The number of benzene rings is 1. The minimum Gasteiger partial charge on any atom is -0.343 e. The van der Waals surface area contributed by atoms with Crippen molar-refractivity contribution in [2.45, 2.75) is 0 Å². The van der Waals surface area contributed by atoms with E-state index in [9.17, 15) is 4.57 Å². The summed E-state index contributed by atoms with van der Waals surface area (Å²) >= 11 is 0. The minimum absolute atomic E-state index is 0. The summed E-state index contributed by atoms with van der Waals surface area (Å²) in [6, 6.07) is 8.58. The quantitative estimate of drug-likeness (QED) is 0.534. The summed E-state index contributed by atoms with van der Waals surface area (Å²) in [6.07, 6.45) is 0. The van der Waals surface area contributed by atoms with Crippen LogP contribution in [0.25, 0.3) is 0 Å². The molecule has 0 aliphatic carbocycles. The van der Waals surface area contributed by atoms with Gasteiger partial charge in [-0.1, -0.05) is 18.2 Å². The van der Waals surface area contributed by atoms with Crippen LogP contribution in [-0.4, -0.2) is 4.89 Å². The van der Waals surface area contributed by atoms with Gasteiger partial charge in [-0.15, -0.1) is 0 Å². The van der Waals surface area contributed by atoms with Gasteiger partial charge in [0.15, 0.2) is 0 Å². The monoisotopic (exact) mass is 198 g/mol. The number of hydrogen-bond donors (Lipinski definition) is 1. The van der Waals surface area contributed by atoms with Crippen LogP contribution in [0.3, 0.4) is 0 Å². The van der Waals surface area contributed by atoms with Crippen molar-refractivity contribution in [1.82, 2.24) is 0 Å². The second-order valence-electron chi connectivity index (χ2n) is 1.67. The van der Waals surface area contributed by atoms with E-state index < -0.39 is 8.03 Å². The largest absolute Gasteiger partial charge is 0.343 e. The molecule has 10 heavy (non-hydrogen) atoms. The van der Waals surface area contributed by atoms with Crippen molar-refractivity contribution in [1.29, 1.82) is 0 Å². The molecule has 0 saturated carbocycles. The SMILES string of the molecule is O=[PH](O)c1ccccc1.[Fe]. The predicted molar refractivity (Wildman–Crippen MR) is 37.3 cm³/mol. The molecule has 4 heteroatoms. The first-order chi connectivity index (χ1) is 4.30. The zero-order chi connectivity index (χ0) is 6.69. The molecule has 0 radical (unpaired) electrons. The van der Waals surface area contributed by atoms with Gasteiger partial charge < -0.3 is 4.89 Å². The molecule has 0 aliphatic rings. The molecule has 0 saturated heterocycles. The third kappa shape index (κ3) is 2.68. The van der Waals surface area contributed by atoms with Crippen LogP contribution in [-0.2, 0) is 21.6 Å². The van der Waals surface area contributed by atoms with Gasteiger partial charge in [0.05, 0.1) is 0 Å². The zero-order valence-corrected chi connectivity index (χ0v) is 7.20. The standard InChI is InChI=1S/C6H7O2P.Fe/c7-9(8)6-4-2-1-3-5-6;/h1-5,9H,(H,7,8);. The Bertz CT molecular complexity index is 212. The molecule has 0 spiro atoms. The van der Waals surface area contributed by atoms with Gasteiger partial charge in [-0.2, -0.15) is 0 Å². The van der Waals surface area contributed by atoms with E-state index in [4.69, 9.17) is 4.89 Å². The van der Waals surface area contributed by atoms with Gasteiger partial charge in [-0.25, -0.2) is 0 Å². The molecular formula is C6H7FeO2P. The van der Waals surface area contributed by atoms with Crippen LogP contribution >= 0.6 is 8.03 Å². The van der Waals surface area contributed by atoms with Crippen molar-refractivity contribution in [3.8, 4) is 0 Å². The summed E-state index contributed by atoms with van der Waals surface area (Å²) < 4.78 is 10.4. The summed E-state index contributed by atoms with van der Waals surface area (Å²) in [5, 5.41) is 0.516. The Morgan fingerprint density at radius 1 is 1.20 bits per heavy atom. The van der Waals surface area contributed by atoms with E-state index in [-0.39, 0.29) is 17.1 Å². The average Bonchev–Trinajstić information content (AvgIpc) is 1.90. The molecular weight excluding hydrogens is 191 g/mol. The Morgan fingerprint density at radius 3 is 2.00 bits per heavy atom. The molecule has 0 aliphatic heterocycles. The maximum absolute atomic E-state index is 10.4. The molecule has 1 aromatic rings. The average molecular weight is 198 g/mol. The Kier molecular flexibility index (Phi) is 4.67. The van der Waals surface area contributed by atoms with E-state index >= 15 is 0 Å². The predicted octanol–water partition coefficient (Wildman–Crippen LogP) is 0.776. The second-order valence-corrected chi connectivity index (χ2v) is 2.86. The minimum atomic E-state index is -2.46. The number of rotatable bonds is 1. The normalized spacial score (nSPS) is 11.7. The van der Waals surface area contributed by atoms with E-state index in [2.05, 4.69) is 0 Å². The first-order valence-corrected chi connectivity index (χ1v) is 3.94. The molecule has 1 N–H and O–H groups in total. The van der Waals surface area contributed by atoms with Crippen molar-refractivity contribution in [3.63, 3.8) is 0 Å². The van der Waals surface area contributed by atoms with Gasteiger partial charge in [0, 0.05) is 22.4 Å². The van der Waals surface area contributed by atoms with Crippen LogP contribution in [0.15, 0.2) is 30.3 Å². The van der Waals surface area contributed by atoms with Crippen LogP contribution in [0.1, 0.15) is 0 Å². The Hall–Kier alpha value is -0.0705. The molecule has 1 aromatic carbocycles. The van der Waals surface area contributed by atoms with Crippen molar-refractivity contribution in [2.24, 2.45) is 0 Å². The molecule has 1 unspecified atom stereocenters. The molecule has 0 aromatic heterocycles. The van der Waals surface area contributed by atoms with Gasteiger partial charge in [-0.3, -0.25) is 4.57 Å². The topological polar surface area (TPSA) is 37.3 Å². The Labute approximate surface area is 70.6 Å².